The summed E-state index contributed by atoms with van der Waals surface area (Å²) < 4.78 is 22.9. The quantitative estimate of drug-likeness (QED) is 0.793. The summed E-state index contributed by atoms with van der Waals surface area (Å²) in [4.78, 5) is 13.7. The van der Waals surface area contributed by atoms with E-state index in [4.69, 9.17) is 0 Å². The molecule has 0 aromatic carbocycles. The van der Waals surface area contributed by atoms with Crippen molar-refractivity contribution in [3.63, 3.8) is 0 Å². The van der Waals surface area contributed by atoms with Crippen LogP contribution in [-0.4, -0.2) is 53.5 Å². The predicted molar refractivity (Wildman–Crippen MR) is 66.9 cm³/mol. The Hall–Kier alpha value is -1.63. The molecular weight excluding hydrogens is 254 g/mol. The number of carbonyl (C=O) groups is 1. The summed E-state index contributed by atoms with van der Waals surface area (Å²) in [5.74, 6) is -0.0723. The zero-order valence-electron chi connectivity index (χ0n) is 9.87. The van der Waals surface area contributed by atoms with Crippen LogP contribution in [0.15, 0.2) is 24.9 Å². The molecule has 1 atom stereocenters. The van der Waals surface area contributed by atoms with Crippen molar-refractivity contribution >= 4 is 15.7 Å². The van der Waals surface area contributed by atoms with E-state index in [-0.39, 0.29) is 23.5 Å². The first-order valence-electron chi connectivity index (χ1n) is 5.65. The number of amides is 1. The molecule has 0 radical (unpaired) electrons. The van der Waals surface area contributed by atoms with Crippen LogP contribution in [0.5, 0.6) is 0 Å². The van der Waals surface area contributed by atoms with Gasteiger partial charge < -0.3 is 4.90 Å². The van der Waals surface area contributed by atoms with Gasteiger partial charge in [0.15, 0.2) is 9.84 Å². The summed E-state index contributed by atoms with van der Waals surface area (Å²) in [6.07, 6.45) is 3.57. The van der Waals surface area contributed by atoms with Crippen LogP contribution < -0.4 is 0 Å². The number of aromatic nitrogens is 2. The molecule has 1 aliphatic rings. The third kappa shape index (κ3) is 2.61. The first kappa shape index (κ1) is 12.8. The Morgan fingerprint density at radius 2 is 2.44 bits per heavy atom. The highest BCUT2D eigenvalue weighted by atomic mass is 32.2. The molecule has 1 aliphatic heterocycles. The summed E-state index contributed by atoms with van der Waals surface area (Å²) in [5.41, 5.74) is 0.362. The molecule has 1 fully saturated rings. The smallest absolute Gasteiger partial charge is 0.272 e. The van der Waals surface area contributed by atoms with Crippen molar-refractivity contribution in [1.29, 1.82) is 0 Å². The van der Waals surface area contributed by atoms with E-state index in [0.29, 0.717) is 18.7 Å². The number of nitrogens with zero attached hydrogens (tertiary/aromatic N) is 2. The Morgan fingerprint density at radius 3 is 2.94 bits per heavy atom. The van der Waals surface area contributed by atoms with E-state index >= 15 is 0 Å². The average molecular weight is 269 g/mol. The van der Waals surface area contributed by atoms with Crippen LogP contribution in [0, 0.1) is 0 Å². The molecule has 1 saturated heterocycles. The lowest BCUT2D eigenvalue weighted by Crippen LogP contribution is -2.41. The van der Waals surface area contributed by atoms with E-state index in [0.717, 1.165) is 0 Å². The predicted octanol–water partition coefficient (Wildman–Crippen LogP) is 0.225. The molecule has 0 saturated carbocycles. The number of hydrogen-bond acceptors (Lipinski definition) is 4. The summed E-state index contributed by atoms with van der Waals surface area (Å²) in [7, 11) is -3.02. The van der Waals surface area contributed by atoms with Crippen LogP contribution in [0.1, 0.15) is 16.9 Å². The molecule has 1 amide bonds. The highest BCUT2D eigenvalue weighted by molar-refractivity contribution is 7.91. The van der Waals surface area contributed by atoms with Gasteiger partial charge in [0.2, 0.25) is 0 Å². The summed E-state index contributed by atoms with van der Waals surface area (Å²) in [5, 5.41) is 6.32. The molecule has 18 heavy (non-hydrogen) atoms. The molecule has 2 rings (SSSR count). The Labute approximate surface area is 106 Å². The average Bonchev–Trinajstić information content (AvgIpc) is 2.94. The van der Waals surface area contributed by atoms with Crippen LogP contribution in [0.25, 0.3) is 0 Å². The van der Waals surface area contributed by atoms with E-state index in [1.807, 2.05) is 0 Å². The molecule has 1 N–H and O–H groups in total. The molecule has 98 valence electrons. The Balaban J connectivity index is 2.19. The van der Waals surface area contributed by atoms with Gasteiger partial charge in [0.05, 0.1) is 11.5 Å². The van der Waals surface area contributed by atoms with Crippen molar-refractivity contribution in [3.05, 3.63) is 30.6 Å². The van der Waals surface area contributed by atoms with Gasteiger partial charge in [-0.1, -0.05) is 6.08 Å². The lowest BCUT2D eigenvalue weighted by Gasteiger charge is -2.26. The highest BCUT2D eigenvalue weighted by Crippen LogP contribution is 2.19. The minimum Gasteiger partial charge on any atom is -0.330 e. The highest BCUT2D eigenvalue weighted by Gasteiger charge is 2.34. The maximum Gasteiger partial charge on any atom is 0.272 e. The zero-order valence-corrected chi connectivity index (χ0v) is 10.7. The zero-order chi connectivity index (χ0) is 13.2. The monoisotopic (exact) mass is 269 g/mol. The molecule has 7 heteroatoms. The molecule has 0 bridgehead atoms. The summed E-state index contributed by atoms with van der Waals surface area (Å²) >= 11 is 0. The van der Waals surface area contributed by atoms with Crippen molar-refractivity contribution in [2.75, 3.05) is 18.1 Å². The van der Waals surface area contributed by atoms with Crippen LogP contribution in [0.2, 0.25) is 0 Å². The maximum absolute atomic E-state index is 12.2. The van der Waals surface area contributed by atoms with Gasteiger partial charge in [0.25, 0.3) is 5.91 Å². The molecule has 6 nitrogen and oxygen atoms in total. The van der Waals surface area contributed by atoms with Gasteiger partial charge in [0.1, 0.15) is 5.69 Å². The fourth-order valence-corrected chi connectivity index (χ4v) is 3.82. The molecule has 0 aliphatic carbocycles. The van der Waals surface area contributed by atoms with Crippen molar-refractivity contribution in [2.24, 2.45) is 0 Å². The topological polar surface area (TPSA) is 83.1 Å². The normalized spacial score (nSPS) is 21.7. The second-order valence-electron chi connectivity index (χ2n) is 4.27. The number of H-pyrrole nitrogens is 1. The van der Waals surface area contributed by atoms with E-state index in [2.05, 4.69) is 16.8 Å². The van der Waals surface area contributed by atoms with E-state index in [9.17, 15) is 13.2 Å². The van der Waals surface area contributed by atoms with E-state index in [1.54, 1.807) is 12.1 Å². The van der Waals surface area contributed by atoms with Gasteiger partial charge in [-0.25, -0.2) is 8.42 Å². The van der Waals surface area contributed by atoms with Crippen LogP contribution in [-0.2, 0) is 9.84 Å². The third-order valence-corrected chi connectivity index (χ3v) is 4.72. The van der Waals surface area contributed by atoms with Crippen LogP contribution in [0.3, 0.4) is 0 Å². The number of hydrogen-bond donors (Lipinski definition) is 1. The van der Waals surface area contributed by atoms with Gasteiger partial charge in [-0.2, -0.15) is 5.10 Å². The van der Waals surface area contributed by atoms with Gasteiger partial charge >= 0.3 is 0 Å². The molecule has 1 aromatic rings. The standard InChI is InChI=1S/C11H15N3O3S/c1-2-6-14(9-4-7-18(16,17)8-9)11(15)10-3-5-12-13-10/h2-3,5,9H,1,4,6-8H2,(H,12,13). The Morgan fingerprint density at radius 1 is 1.67 bits per heavy atom. The van der Waals surface area contributed by atoms with Crippen LogP contribution >= 0.6 is 0 Å². The number of aromatic amines is 1. The molecule has 1 unspecified atom stereocenters. The van der Waals surface area contributed by atoms with Gasteiger partial charge in [0, 0.05) is 18.8 Å². The number of rotatable bonds is 4. The SMILES string of the molecule is C=CCN(C(=O)c1ccn[nH]1)C1CCS(=O)(=O)C1. The first-order valence-corrected chi connectivity index (χ1v) is 7.47. The molecule has 1 aromatic heterocycles. The van der Waals surface area contributed by atoms with Crippen LogP contribution in [0.4, 0.5) is 0 Å². The third-order valence-electron chi connectivity index (χ3n) is 2.97. The lowest BCUT2D eigenvalue weighted by molar-refractivity contribution is 0.0714. The Bertz CT molecular complexity index is 536. The number of nitrogens with one attached hydrogen (secondary N) is 1. The number of sulfone groups is 1. The fourth-order valence-electron chi connectivity index (χ4n) is 2.09. The molecule has 0 spiro atoms. The Kier molecular flexibility index (Phi) is 3.51. The summed E-state index contributed by atoms with van der Waals surface area (Å²) in [6.45, 7) is 3.93. The van der Waals surface area contributed by atoms with Crippen molar-refractivity contribution in [3.8, 4) is 0 Å². The van der Waals surface area contributed by atoms with Crippen molar-refractivity contribution < 1.29 is 13.2 Å². The second kappa shape index (κ2) is 4.93. The minimum absolute atomic E-state index is 0.0285. The lowest BCUT2D eigenvalue weighted by atomic mass is 10.2. The minimum atomic E-state index is -3.02. The molecular formula is C11H15N3O3S. The van der Waals surface area contributed by atoms with Gasteiger partial charge in [-0.3, -0.25) is 9.89 Å². The number of carbonyl (C=O) groups excluding carboxylic acids is 1. The van der Waals surface area contributed by atoms with E-state index in [1.165, 1.54) is 11.1 Å². The molecule has 2 heterocycles. The fraction of sp³-hybridized carbons (Fsp3) is 0.455. The second-order valence-corrected chi connectivity index (χ2v) is 6.50. The van der Waals surface area contributed by atoms with Crippen molar-refractivity contribution in [2.45, 2.75) is 12.5 Å². The first-order chi connectivity index (χ1) is 8.53. The van der Waals surface area contributed by atoms with Crippen molar-refractivity contribution in [1.82, 2.24) is 15.1 Å². The summed E-state index contributed by atoms with van der Waals surface area (Å²) in [6, 6.07) is 1.30. The van der Waals surface area contributed by atoms with Gasteiger partial charge in [-0.05, 0) is 12.5 Å². The van der Waals surface area contributed by atoms with Gasteiger partial charge in [-0.15, -0.1) is 6.58 Å². The largest absolute Gasteiger partial charge is 0.330 e. The van der Waals surface area contributed by atoms with E-state index < -0.39 is 9.84 Å². The maximum atomic E-state index is 12.2.